The van der Waals surface area contributed by atoms with Gasteiger partial charge in [0.25, 0.3) is 0 Å². The van der Waals surface area contributed by atoms with Crippen LogP contribution < -0.4 is 5.73 Å². The highest BCUT2D eigenvalue weighted by Gasteiger charge is 2.40. The molecule has 1 spiro atoms. The Kier molecular flexibility index (Phi) is 5.66. The summed E-state index contributed by atoms with van der Waals surface area (Å²) in [6.45, 7) is 1.96. The van der Waals surface area contributed by atoms with E-state index in [9.17, 15) is 4.79 Å². The highest BCUT2D eigenvalue weighted by Crippen LogP contribution is 2.43. The second-order valence-electron chi connectivity index (χ2n) is 6.62. The lowest BCUT2D eigenvalue weighted by atomic mass is 9.87. The first-order valence-corrected chi connectivity index (χ1v) is 8.85. The van der Waals surface area contributed by atoms with E-state index in [4.69, 9.17) is 5.73 Å². The Labute approximate surface area is 132 Å². The molecule has 0 aromatic heterocycles. The number of carbonyl (C=O) groups excluding carboxylic acids is 1. The van der Waals surface area contributed by atoms with Crippen LogP contribution in [-0.2, 0) is 4.79 Å². The molecule has 2 unspecified atom stereocenters. The second-order valence-corrected chi connectivity index (χ2v) is 8.18. The van der Waals surface area contributed by atoms with Crippen LogP contribution in [0, 0.1) is 5.92 Å². The fourth-order valence-corrected chi connectivity index (χ4v) is 5.60. The van der Waals surface area contributed by atoms with Gasteiger partial charge in [0, 0.05) is 35.5 Å². The van der Waals surface area contributed by atoms with E-state index >= 15 is 0 Å². The molecule has 3 rings (SSSR count). The average Bonchev–Trinajstić information content (AvgIpc) is 2.85. The van der Waals surface area contributed by atoms with Gasteiger partial charge in [0.1, 0.15) is 0 Å². The van der Waals surface area contributed by atoms with Crippen LogP contribution in [0.15, 0.2) is 0 Å². The standard InChI is InChI=1S/C15H26N2OS.ClH/c16-13-5-4-12(10-13)14(18)17-8-9-19-15(11-17)6-2-1-3-7-15;/h12-13H,1-11,16H2;1H. The predicted molar refractivity (Wildman–Crippen MR) is 87.4 cm³/mol. The van der Waals surface area contributed by atoms with Crippen LogP contribution in [0.1, 0.15) is 51.4 Å². The Morgan fingerprint density at radius 1 is 1.20 bits per heavy atom. The maximum atomic E-state index is 12.6. The molecule has 3 nitrogen and oxygen atoms in total. The van der Waals surface area contributed by atoms with Crippen LogP contribution in [0.5, 0.6) is 0 Å². The molecule has 3 fully saturated rings. The number of halogens is 1. The summed E-state index contributed by atoms with van der Waals surface area (Å²) in [7, 11) is 0. The predicted octanol–water partition coefficient (Wildman–Crippen LogP) is 2.81. The molecule has 3 aliphatic rings. The number of nitrogens with two attached hydrogens (primary N) is 1. The Bertz CT molecular complexity index is 341. The van der Waals surface area contributed by atoms with E-state index in [0.29, 0.717) is 10.7 Å². The van der Waals surface area contributed by atoms with Gasteiger partial charge in [0.2, 0.25) is 5.91 Å². The fourth-order valence-electron chi connectivity index (χ4n) is 4.03. The molecule has 116 valence electrons. The molecular formula is C15H27ClN2OS. The van der Waals surface area contributed by atoms with E-state index in [1.807, 2.05) is 0 Å². The van der Waals surface area contributed by atoms with Gasteiger partial charge in [-0.3, -0.25) is 4.79 Å². The van der Waals surface area contributed by atoms with Crippen molar-refractivity contribution in [3.63, 3.8) is 0 Å². The summed E-state index contributed by atoms with van der Waals surface area (Å²) in [4.78, 5) is 14.8. The first kappa shape index (κ1) is 16.4. The second kappa shape index (κ2) is 6.89. The van der Waals surface area contributed by atoms with Crippen molar-refractivity contribution in [3.05, 3.63) is 0 Å². The lowest BCUT2D eigenvalue weighted by molar-refractivity contribution is -0.135. The fraction of sp³-hybridized carbons (Fsp3) is 0.933. The molecule has 2 N–H and O–H groups in total. The van der Waals surface area contributed by atoms with Gasteiger partial charge in [0.15, 0.2) is 0 Å². The Balaban J connectivity index is 0.00000147. The van der Waals surface area contributed by atoms with Gasteiger partial charge in [-0.1, -0.05) is 19.3 Å². The lowest BCUT2D eigenvalue weighted by Crippen LogP contribution is -2.51. The van der Waals surface area contributed by atoms with Crippen LogP contribution in [-0.4, -0.2) is 40.4 Å². The van der Waals surface area contributed by atoms with Crippen molar-refractivity contribution in [1.29, 1.82) is 0 Å². The third kappa shape index (κ3) is 3.45. The SMILES string of the molecule is Cl.NC1CCC(C(=O)N2CCSC3(CCCCC3)C2)C1. The monoisotopic (exact) mass is 318 g/mol. The normalized spacial score (nSPS) is 33.0. The maximum Gasteiger partial charge on any atom is 0.225 e. The Morgan fingerprint density at radius 3 is 2.60 bits per heavy atom. The number of nitrogens with zero attached hydrogens (tertiary/aromatic N) is 1. The van der Waals surface area contributed by atoms with Crippen molar-refractivity contribution in [2.45, 2.75) is 62.2 Å². The molecule has 1 heterocycles. The summed E-state index contributed by atoms with van der Waals surface area (Å²) in [5.41, 5.74) is 5.95. The Hall–Kier alpha value is 0.0700. The van der Waals surface area contributed by atoms with E-state index in [2.05, 4.69) is 16.7 Å². The van der Waals surface area contributed by atoms with E-state index in [1.165, 1.54) is 32.1 Å². The van der Waals surface area contributed by atoms with Gasteiger partial charge in [0.05, 0.1) is 0 Å². The molecule has 2 saturated carbocycles. The minimum Gasteiger partial charge on any atom is -0.340 e. The molecule has 0 aromatic rings. The van der Waals surface area contributed by atoms with Crippen LogP contribution in [0.2, 0.25) is 0 Å². The van der Waals surface area contributed by atoms with Crippen LogP contribution in [0.3, 0.4) is 0 Å². The molecule has 0 aromatic carbocycles. The van der Waals surface area contributed by atoms with Gasteiger partial charge in [-0.2, -0.15) is 11.8 Å². The summed E-state index contributed by atoms with van der Waals surface area (Å²) >= 11 is 2.13. The smallest absolute Gasteiger partial charge is 0.225 e. The average molecular weight is 319 g/mol. The highest BCUT2D eigenvalue weighted by molar-refractivity contribution is 8.00. The number of amides is 1. The molecule has 2 atom stereocenters. The summed E-state index contributed by atoms with van der Waals surface area (Å²) in [5.74, 6) is 1.75. The number of hydrogen-bond donors (Lipinski definition) is 1. The van der Waals surface area contributed by atoms with Crippen molar-refractivity contribution >= 4 is 30.1 Å². The first-order chi connectivity index (χ1) is 9.19. The summed E-state index contributed by atoms with van der Waals surface area (Å²) in [5, 5.41) is 0. The lowest BCUT2D eigenvalue weighted by Gasteiger charge is -2.45. The molecular weight excluding hydrogens is 292 g/mol. The van der Waals surface area contributed by atoms with Gasteiger partial charge < -0.3 is 10.6 Å². The topological polar surface area (TPSA) is 46.3 Å². The van der Waals surface area contributed by atoms with E-state index < -0.39 is 0 Å². The zero-order valence-electron chi connectivity index (χ0n) is 12.2. The Morgan fingerprint density at radius 2 is 1.95 bits per heavy atom. The highest BCUT2D eigenvalue weighted by atomic mass is 35.5. The minimum atomic E-state index is 0. The zero-order chi connectivity index (χ0) is 13.3. The molecule has 20 heavy (non-hydrogen) atoms. The van der Waals surface area contributed by atoms with Gasteiger partial charge in [-0.05, 0) is 32.1 Å². The van der Waals surface area contributed by atoms with Crippen LogP contribution >= 0.6 is 24.2 Å². The molecule has 1 saturated heterocycles. The van der Waals surface area contributed by atoms with Crippen molar-refractivity contribution in [2.75, 3.05) is 18.8 Å². The summed E-state index contributed by atoms with van der Waals surface area (Å²) in [6.07, 6.45) is 9.66. The number of hydrogen-bond acceptors (Lipinski definition) is 3. The third-order valence-corrected chi connectivity index (χ3v) is 6.68. The van der Waals surface area contributed by atoms with Gasteiger partial charge in [-0.25, -0.2) is 0 Å². The van der Waals surface area contributed by atoms with E-state index in [0.717, 1.165) is 38.1 Å². The largest absolute Gasteiger partial charge is 0.340 e. The third-order valence-electron chi connectivity index (χ3n) is 5.15. The van der Waals surface area contributed by atoms with Crippen molar-refractivity contribution in [2.24, 2.45) is 11.7 Å². The molecule has 0 radical (unpaired) electrons. The van der Waals surface area contributed by atoms with Crippen LogP contribution in [0.25, 0.3) is 0 Å². The quantitative estimate of drug-likeness (QED) is 0.808. The number of carbonyl (C=O) groups is 1. The van der Waals surface area contributed by atoms with Crippen LogP contribution in [0.4, 0.5) is 0 Å². The minimum absolute atomic E-state index is 0. The van der Waals surface area contributed by atoms with Crippen molar-refractivity contribution in [1.82, 2.24) is 4.90 Å². The number of thioether (sulfide) groups is 1. The zero-order valence-corrected chi connectivity index (χ0v) is 13.8. The molecule has 1 aliphatic heterocycles. The molecule has 0 bridgehead atoms. The van der Waals surface area contributed by atoms with E-state index in [-0.39, 0.29) is 24.4 Å². The molecule has 2 aliphatic carbocycles. The molecule has 5 heteroatoms. The first-order valence-electron chi connectivity index (χ1n) is 7.87. The molecule has 1 amide bonds. The summed E-state index contributed by atoms with van der Waals surface area (Å²) < 4.78 is 0.396. The van der Waals surface area contributed by atoms with E-state index in [1.54, 1.807) is 0 Å². The summed E-state index contributed by atoms with van der Waals surface area (Å²) in [6, 6.07) is 0.261. The van der Waals surface area contributed by atoms with Gasteiger partial charge >= 0.3 is 0 Å². The number of rotatable bonds is 1. The van der Waals surface area contributed by atoms with Gasteiger partial charge in [-0.15, -0.1) is 12.4 Å². The maximum absolute atomic E-state index is 12.6. The van der Waals surface area contributed by atoms with Crippen molar-refractivity contribution < 1.29 is 4.79 Å². The van der Waals surface area contributed by atoms with Crippen molar-refractivity contribution in [3.8, 4) is 0 Å².